The Morgan fingerprint density at radius 2 is 1.80 bits per heavy atom. The van der Waals surface area contributed by atoms with E-state index in [1.54, 1.807) is 12.5 Å². The van der Waals surface area contributed by atoms with Crippen molar-refractivity contribution in [2.24, 2.45) is 0 Å². The smallest absolute Gasteiger partial charge is 0.140 e. The third-order valence-electron chi connectivity index (χ3n) is 6.17. The minimum absolute atomic E-state index is 0.0984. The maximum absolute atomic E-state index is 6.58. The maximum atomic E-state index is 6.58. The molecule has 0 amide bonds. The molecule has 1 saturated heterocycles. The Morgan fingerprint density at radius 3 is 2.50 bits per heavy atom. The Bertz CT molecular complexity index is 1010. The van der Waals surface area contributed by atoms with Crippen LogP contribution in [0.25, 0.3) is 5.69 Å². The van der Waals surface area contributed by atoms with E-state index in [2.05, 4.69) is 21.8 Å². The van der Waals surface area contributed by atoms with Crippen molar-refractivity contribution in [3.8, 4) is 11.4 Å². The van der Waals surface area contributed by atoms with Crippen LogP contribution in [0.1, 0.15) is 17.2 Å². The van der Waals surface area contributed by atoms with Crippen molar-refractivity contribution in [2.75, 3.05) is 33.2 Å². The van der Waals surface area contributed by atoms with E-state index in [9.17, 15) is 0 Å². The highest BCUT2D eigenvalue weighted by Crippen LogP contribution is 2.42. The van der Waals surface area contributed by atoms with Gasteiger partial charge in [0.25, 0.3) is 0 Å². The van der Waals surface area contributed by atoms with Gasteiger partial charge in [0, 0.05) is 59.9 Å². The Labute approximate surface area is 186 Å². The van der Waals surface area contributed by atoms with Crippen molar-refractivity contribution in [3.63, 3.8) is 0 Å². The molecule has 0 N–H and O–H groups in total. The Hall–Kier alpha value is -2.05. The predicted molar refractivity (Wildman–Crippen MR) is 120 cm³/mol. The van der Waals surface area contributed by atoms with Crippen molar-refractivity contribution in [2.45, 2.75) is 18.6 Å². The van der Waals surface area contributed by atoms with Gasteiger partial charge in [0.05, 0.1) is 12.4 Å². The molecule has 1 aliphatic heterocycles. The molecule has 0 unspecified atom stereocenters. The summed E-state index contributed by atoms with van der Waals surface area (Å²) in [5.41, 5.74) is 3.31. The zero-order chi connectivity index (χ0) is 20.7. The van der Waals surface area contributed by atoms with Crippen LogP contribution in [-0.4, -0.2) is 58.6 Å². The minimum Gasteiger partial charge on any atom is -0.484 e. The molecule has 30 heavy (non-hydrogen) atoms. The predicted octanol–water partition coefficient (Wildman–Crippen LogP) is 4.47. The van der Waals surface area contributed by atoms with E-state index >= 15 is 0 Å². The van der Waals surface area contributed by atoms with Gasteiger partial charge in [0.1, 0.15) is 11.9 Å². The van der Waals surface area contributed by atoms with E-state index in [0.29, 0.717) is 5.02 Å². The Kier molecular flexibility index (Phi) is 5.46. The number of ether oxygens (including phenoxy) is 1. The van der Waals surface area contributed by atoms with Gasteiger partial charge in [0.2, 0.25) is 0 Å². The Balaban J connectivity index is 1.44. The van der Waals surface area contributed by atoms with Gasteiger partial charge in [-0.05, 0) is 55.4 Å². The lowest BCUT2D eigenvalue weighted by Gasteiger charge is -2.38. The highest BCUT2D eigenvalue weighted by molar-refractivity contribution is 6.35. The van der Waals surface area contributed by atoms with Crippen molar-refractivity contribution >= 4 is 23.2 Å². The standard InChI is InChI=1S/C23H24Cl2N4O/c1-27-8-10-28(11-9-27)22-14-19-20(12-16(24)13-21(19)25)23(22)30-18-4-2-17(3-5-18)29-7-6-26-15-29/h2-7,12-13,15,22-23H,8-11,14H2,1H3/t22-,23-/m0/s1. The summed E-state index contributed by atoms with van der Waals surface area (Å²) in [7, 11) is 2.17. The number of nitrogens with zero attached hydrogens (tertiary/aromatic N) is 4. The summed E-state index contributed by atoms with van der Waals surface area (Å²) in [6.07, 6.45) is 6.27. The molecule has 0 saturated carbocycles. The second-order valence-electron chi connectivity index (χ2n) is 8.07. The van der Waals surface area contributed by atoms with Gasteiger partial charge in [-0.1, -0.05) is 23.2 Å². The van der Waals surface area contributed by atoms with E-state index in [4.69, 9.17) is 27.9 Å². The lowest BCUT2D eigenvalue weighted by Crippen LogP contribution is -2.50. The topological polar surface area (TPSA) is 33.5 Å². The number of hydrogen-bond donors (Lipinski definition) is 0. The Morgan fingerprint density at radius 1 is 1.03 bits per heavy atom. The number of benzene rings is 2. The molecule has 5 nitrogen and oxygen atoms in total. The average Bonchev–Trinajstić information content (AvgIpc) is 3.39. The summed E-state index contributed by atoms with van der Waals surface area (Å²) in [4.78, 5) is 9.02. The highest BCUT2D eigenvalue weighted by atomic mass is 35.5. The lowest BCUT2D eigenvalue weighted by atomic mass is 10.1. The number of aromatic nitrogens is 2. The van der Waals surface area contributed by atoms with E-state index < -0.39 is 0 Å². The van der Waals surface area contributed by atoms with Crippen LogP contribution in [-0.2, 0) is 6.42 Å². The van der Waals surface area contributed by atoms with Gasteiger partial charge in [0.15, 0.2) is 0 Å². The van der Waals surface area contributed by atoms with Gasteiger partial charge in [-0.2, -0.15) is 0 Å². The summed E-state index contributed by atoms with van der Waals surface area (Å²) < 4.78 is 8.55. The number of likely N-dealkylation sites (N-methyl/N-ethyl adjacent to an activating group) is 1. The lowest BCUT2D eigenvalue weighted by molar-refractivity contribution is 0.0454. The minimum atomic E-state index is -0.0984. The third-order valence-corrected chi connectivity index (χ3v) is 6.73. The van der Waals surface area contributed by atoms with Crippen LogP contribution in [0.2, 0.25) is 10.0 Å². The van der Waals surface area contributed by atoms with Crippen LogP contribution in [0.3, 0.4) is 0 Å². The molecular weight excluding hydrogens is 419 g/mol. The second-order valence-corrected chi connectivity index (χ2v) is 8.91. The molecule has 0 spiro atoms. The van der Waals surface area contributed by atoms with Crippen molar-refractivity contribution in [1.82, 2.24) is 19.4 Å². The fourth-order valence-electron chi connectivity index (χ4n) is 4.49. The monoisotopic (exact) mass is 442 g/mol. The molecule has 156 valence electrons. The van der Waals surface area contributed by atoms with E-state index in [1.165, 1.54) is 0 Å². The number of rotatable bonds is 4. The number of imidazole rings is 1. The molecule has 2 heterocycles. The molecule has 1 aliphatic carbocycles. The van der Waals surface area contributed by atoms with Crippen LogP contribution < -0.4 is 4.74 Å². The normalized spacial score (nSPS) is 22.2. The van der Waals surface area contributed by atoms with Gasteiger partial charge < -0.3 is 14.2 Å². The van der Waals surface area contributed by atoms with Crippen LogP contribution in [0.5, 0.6) is 5.75 Å². The van der Waals surface area contributed by atoms with Crippen LogP contribution in [0, 0.1) is 0 Å². The first kappa shape index (κ1) is 19.9. The van der Waals surface area contributed by atoms with E-state index in [1.807, 2.05) is 47.2 Å². The van der Waals surface area contributed by atoms with Crippen LogP contribution >= 0.6 is 23.2 Å². The molecule has 2 atom stereocenters. The number of hydrogen-bond acceptors (Lipinski definition) is 4. The van der Waals surface area contributed by atoms with Gasteiger partial charge >= 0.3 is 0 Å². The molecule has 2 aromatic carbocycles. The number of halogens is 2. The van der Waals surface area contributed by atoms with Crippen LogP contribution in [0.4, 0.5) is 0 Å². The third kappa shape index (κ3) is 3.83. The quantitative estimate of drug-likeness (QED) is 0.596. The SMILES string of the molecule is CN1CCN([C@H]2Cc3c(Cl)cc(Cl)cc3[C@@H]2Oc2ccc(-n3ccnc3)cc2)CC1. The van der Waals surface area contributed by atoms with Crippen LogP contribution in [0.15, 0.2) is 55.1 Å². The van der Waals surface area contributed by atoms with Gasteiger partial charge in [-0.3, -0.25) is 4.90 Å². The zero-order valence-corrected chi connectivity index (χ0v) is 18.4. The van der Waals surface area contributed by atoms with Crippen molar-refractivity contribution < 1.29 is 4.74 Å². The molecule has 2 aliphatic rings. The molecule has 7 heteroatoms. The maximum Gasteiger partial charge on any atom is 0.140 e. The largest absolute Gasteiger partial charge is 0.484 e. The van der Waals surface area contributed by atoms with Gasteiger partial charge in [-0.15, -0.1) is 0 Å². The second kappa shape index (κ2) is 8.23. The fraction of sp³-hybridized carbons (Fsp3) is 0.348. The summed E-state index contributed by atoms with van der Waals surface area (Å²) >= 11 is 12.9. The number of fused-ring (bicyclic) bond motifs is 1. The summed E-state index contributed by atoms with van der Waals surface area (Å²) in [6, 6.07) is 12.2. The first-order chi connectivity index (χ1) is 14.6. The van der Waals surface area contributed by atoms with Crippen molar-refractivity contribution in [1.29, 1.82) is 0 Å². The van der Waals surface area contributed by atoms with Gasteiger partial charge in [-0.25, -0.2) is 4.98 Å². The van der Waals surface area contributed by atoms with E-state index in [-0.39, 0.29) is 12.1 Å². The first-order valence-electron chi connectivity index (χ1n) is 10.2. The molecule has 1 fully saturated rings. The molecule has 0 radical (unpaired) electrons. The summed E-state index contributed by atoms with van der Waals surface area (Å²) in [6.45, 7) is 4.18. The molecular formula is C23H24Cl2N4O. The summed E-state index contributed by atoms with van der Waals surface area (Å²) in [5.74, 6) is 0.840. The molecule has 1 aromatic heterocycles. The first-order valence-corrected chi connectivity index (χ1v) is 11.0. The number of piperazine rings is 1. The average molecular weight is 443 g/mol. The van der Waals surface area contributed by atoms with Crippen molar-refractivity contribution in [3.05, 3.63) is 76.3 Å². The molecule has 0 bridgehead atoms. The highest BCUT2D eigenvalue weighted by Gasteiger charge is 2.40. The zero-order valence-electron chi connectivity index (χ0n) is 16.8. The van der Waals surface area contributed by atoms with E-state index in [0.717, 1.165) is 60.2 Å². The summed E-state index contributed by atoms with van der Waals surface area (Å²) in [5, 5.41) is 1.39. The fourth-order valence-corrected chi connectivity index (χ4v) is 5.07. The molecule has 3 aromatic rings. The molecule has 5 rings (SSSR count).